The number of hydrogen-bond acceptors (Lipinski definition) is 2. The van der Waals surface area contributed by atoms with Gasteiger partial charge in [0.2, 0.25) is 5.91 Å². The Morgan fingerprint density at radius 3 is 2.35 bits per heavy atom. The average Bonchev–Trinajstić information content (AvgIpc) is 2.24. The molecular formula is C14H28N2O. The third kappa shape index (κ3) is 4.30. The van der Waals surface area contributed by atoms with Crippen LogP contribution in [0.1, 0.15) is 46.5 Å². The van der Waals surface area contributed by atoms with E-state index in [9.17, 15) is 4.79 Å². The van der Waals surface area contributed by atoms with Gasteiger partial charge in [0.15, 0.2) is 0 Å². The lowest BCUT2D eigenvalue weighted by Gasteiger charge is -2.41. The van der Waals surface area contributed by atoms with Crippen molar-refractivity contribution in [2.24, 2.45) is 11.3 Å². The first-order chi connectivity index (χ1) is 7.82. The summed E-state index contributed by atoms with van der Waals surface area (Å²) in [6, 6.07) is 0.507. The molecule has 1 aliphatic carbocycles. The summed E-state index contributed by atoms with van der Waals surface area (Å²) in [4.78, 5) is 13.3. The number of hydrogen-bond donors (Lipinski definition) is 1. The summed E-state index contributed by atoms with van der Waals surface area (Å²) in [6.45, 7) is 7.41. The third-order valence-electron chi connectivity index (χ3n) is 3.89. The zero-order chi connectivity index (χ0) is 13.1. The summed E-state index contributed by atoms with van der Waals surface area (Å²) in [5, 5.41) is 3.47. The van der Waals surface area contributed by atoms with Crippen molar-refractivity contribution in [1.29, 1.82) is 0 Å². The standard InChI is InChI=1S/C14H28N2O/c1-14(2,3)11-8-6-7-9-12(11)15-10-13(17)16(4)5/h11-12,15H,6-10H2,1-5H3. The molecule has 0 aromatic rings. The summed E-state index contributed by atoms with van der Waals surface area (Å²) in [6.07, 6.45) is 5.13. The first-order valence-electron chi connectivity index (χ1n) is 6.76. The van der Waals surface area contributed by atoms with Crippen LogP contribution in [-0.4, -0.2) is 37.5 Å². The van der Waals surface area contributed by atoms with E-state index in [1.807, 2.05) is 14.1 Å². The topological polar surface area (TPSA) is 32.3 Å². The van der Waals surface area contributed by atoms with Crippen LogP contribution in [0, 0.1) is 11.3 Å². The van der Waals surface area contributed by atoms with Crippen LogP contribution in [-0.2, 0) is 4.79 Å². The predicted octanol–water partition coefficient (Wildman–Crippen LogP) is 2.27. The molecule has 3 nitrogen and oxygen atoms in total. The summed E-state index contributed by atoms with van der Waals surface area (Å²) in [5.74, 6) is 0.856. The number of carbonyl (C=O) groups is 1. The second kappa shape index (κ2) is 5.85. The molecule has 0 radical (unpaired) electrons. The van der Waals surface area contributed by atoms with Gasteiger partial charge in [0.1, 0.15) is 0 Å². The van der Waals surface area contributed by atoms with Gasteiger partial charge < -0.3 is 10.2 Å². The van der Waals surface area contributed by atoms with Crippen LogP contribution in [0.3, 0.4) is 0 Å². The zero-order valence-corrected chi connectivity index (χ0v) is 12.0. The first kappa shape index (κ1) is 14.5. The van der Waals surface area contributed by atoms with Crippen LogP contribution in [0.5, 0.6) is 0 Å². The van der Waals surface area contributed by atoms with Gasteiger partial charge in [0.05, 0.1) is 6.54 Å². The summed E-state index contributed by atoms with van der Waals surface area (Å²) in [7, 11) is 3.62. The van der Waals surface area contributed by atoms with Crippen LogP contribution in [0.4, 0.5) is 0 Å². The maximum atomic E-state index is 11.6. The SMILES string of the molecule is CN(C)C(=O)CNC1CCCCC1C(C)(C)C. The van der Waals surface area contributed by atoms with Crippen molar-refractivity contribution < 1.29 is 4.79 Å². The van der Waals surface area contributed by atoms with Gasteiger partial charge in [-0.2, -0.15) is 0 Å². The Balaban J connectivity index is 2.52. The molecule has 1 aliphatic rings. The molecule has 2 atom stereocenters. The lowest BCUT2D eigenvalue weighted by Crippen LogP contribution is -2.47. The third-order valence-corrected chi connectivity index (χ3v) is 3.89. The maximum absolute atomic E-state index is 11.6. The van der Waals surface area contributed by atoms with E-state index in [0.717, 1.165) is 0 Å². The van der Waals surface area contributed by atoms with Crippen molar-refractivity contribution in [2.45, 2.75) is 52.5 Å². The van der Waals surface area contributed by atoms with E-state index in [1.165, 1.54) is 25.7 Å². The number of likely N-dealkylation sites (N-methyl/N-ethyl adjacent to an activating group) is 1. The molecule has 1 rings (SSSR count). The van der Waals surface area contributed by atoms with Crippen molar-refractivity contribution in [3.63, 3.8) is 0 Å². The molecule has 1 amide bonds. The number of rotatable bonds is 3. The molecule has 0 aromatic heterocycles. The van der Waals surface area contributed by atoms with Gasteiger partial charge in [-0.05, 0) is 24.2 Å². The fourth-order valence-corrected chi connectivity index (χ4v) is 2.79. The maximum Gasteiger partial charge on any atom is 0.236 e. The van der Waals surface area contributed by atoms with E-state index in [-0.39, 0.29) is 5.91 Å². The van der Waals surface area contributed by atoms with E-state index in [1.54, 1.807) is 4.90 Å². The normalized spacial score (nSPS) is 25.7. The van der Waals surface area contributed by atoms with Crippen LogP contribution in [0.25, 0.3) is 0 Å². The molecule has 0 bridgehead atoms. The van der Waals surface area contributed by atoms with Gasteiger partial charge in [-0.15, -0.1) is 0 Å². The Labute approximate surface area is 106 Å². The number of nitrogens with one attached hydrogen (secondary N) is 1. The zero-order valence-electron chi connectivity index (χ0n) is 12.0. The predicted molar refractivity (Wildman–Crippen MR) is 71.9 cm³/mol. The smallest absolute Gasteiger partial charge is 0.236 e. The largest absolute Gasteiger partial charge is 0.348 e. The molecule has 0 aliphatic heterocycles. The van der Waals surface area contributed by atoms with E-state index in [4.69, 9.17) is 0 Å². The molecule has 100 valence electrons. The molecule has 0 aromatic carbocycles. The molecule has 1 N–H and O–H groups in total. The Kier molecular flexibility index (Phi) is 4.99. The number of amides is 1. The second-order valence-corrected chi connectivity index (χ2v) is 6.53. The molecule has 1 fully saturated rings. The summed E-state index contributed by atoms with van der Waals surface area (Å²) >= 11 is 0. The summed E-state index contributed by atoms with van der Waals surface area (Å²) < 4.78 is 0. The van der Waals surface area contributed by atoms with E-state index in [0.29, 0.717) is 23.9 Å². The highest BCUT2D eigenvalue weighted by Gasteiger charge is 2.33. The minimum atomic E-state index is 0.170. The van der Waals surface area contributed by atoms with Gasteiger partial charge in [-0.25, -0.2) is 0 Å². The molecule has 17 heavy (non-hydrogen) atoms. The molecule has 2 unspecified atom stereocenters. The quantitative estimate of drug-likeness (QED) is 0.821. The Morgan fingerprint density at radius 2 is 1.82 bits per heavy atom. The number of nitrogens with zero attached hydrogens (tertiary/aromatic N) is 1. The Morgan fingerprint density at radius 1 is 1.24 bits per heavy atom. The van der Waals surface area contributed by atoms with Gasteiger partial charge in [-0.1, -0.05) is 33.6 Å². The van der Waals surface area contributed by atoms with Crippen molar-refractivity contribution >= 4 is 5.91 Å². The van der Waals surface area contributed by atoms with Crippen LogP contribution in [0.15, 0.2) is 0 Å². The van der Waals surface area contributed by atoms with Crippen molar-refractivity contribution in [2.75, 3.05) is 20.6 Å². The van der Waals surface area contributed by atoms with Gasteiger partial charge in [0, 0.05) is 20.1 Å². The van der Waals surface area contributed by atoms with Crippen LogP contribution in [0.2, 0.25) is 0 Å². The Bertz CT molecular complexity index is 255. The molecule has 0 spiro atoms. The van der Waals surface area contributed by atoms with Crippen molar-refractivity contribution in [1.82, 2.24) is 10.2 Å². The lowest BCUT2D eigenvalue weighted by atomic mass is 9.69. The lowest BCUT2D eigenvalue weighted by molar-refractivity contribution is -0.128. The molecule has 0 saturated heterocycles. The molecule has 0 heterocycles. The fraction of sp³-hybridized carbons (Fsp3) is 0.929. The minimum absolute atomic E-state index is 0.170. The number of carbonyl (C=O) groups excluding carboxylic acids is 1. The van der Waals surface area contributed by atoms with Gasteiger partial charge in [-0.3, -0.25) is 4.79 Å². The first-order valence-corrected chi connectivity index (χ1v) is 6.76. The fourth-order valence-electron chi connectivity index (χ4n) is 2.79. The average molecular weight is 240 g/mol. The monoisotopic (exact) mass is 240 g/mol. The molecule has 1 saturated carbocycles. The van der Waals surface area contributed by atoms with Gasteiger partial charge >= 0.3 is 0 Å². The van der Waals surface area contributed by atoms with E-state index < -0.39 is 0 Å². The van der Waals surface area contributed by atoms with Crippen molar-refractivity contribution in [3.05, 3.63) is 0 Å². The Hall–Kier alpha value is -0.570. The van der Waals surface area contributed by atoms with Gasteiger partial charge in [0.25, 0.3) is 0 Å². The van der Waals surface area contributed by atoms with Crippen LogP contribution < -0.4 is 5.32 Å². The minimum Gasteiger partial charge on any atom is -0.348 e. The molecule has 3 heteroatoms. The molecular weight excluding hydrogens is 212 g/mol. The summed E-state index contributed by atoms with van der Waals surface area (Å²) in [5.41, 5.74) is 0.333. The van der Waals surface area contributed by atoms with E-state index >= 15 is 0 Å². The highest BCUT2D eigenvalue weighted by Crippen LogP contribution is 2.37. The van der Waals surface area contributed by atoms with E-state index in [2.05, 4.69) is 26.1 Å². The highest BCUT2D eigenvalue weighted by atomic mass is 16.2. The van der Waals surface area contributed by atoms with Crippen LogP contribution >= 0.6 is 0 Å². The second-order valence-electron chi connectivity index (χ2n) is 6.53. The highest BCUT2D eigenvalue weighted by molar-refractivity contribution is 5.77. The van der Waals surface area contributed by atoms with Crippen molar-refractivity contribution in [3.8, 4) is 0 Å².